The number of alkyl halides is 1. The van der Waals surface area contributed by atoms with Gasteiger partial charge in [-0.05, 0) is 30.0 Å². The van der Waals surface area contributed by atoms with Gasteiger partial charge in [-0.2, -0.15) is 0 Å². The smallest absolute Gasteiger partial charge is 0.0495 e. The lowest BCUT2D eigenvalue weighted by atomic mass is 10.1. The molecule has 0 atom stereocenters. The Morgan fingerprint density at radius 2 is 2.25 bits per heavy atom. The van der Waals surface area contributed by atoms with Gasteiger partial charge in [-0.15, -0.1) is 0 Å². The molecular weight excluding hydrogens is 214 g/mol. The van der Waals surface area contributed by atoms with Gasteiger partial charge in [0.25, 0.3) is 0 Å². The second kappa shape index (κ2) is 2.94. The number of rotatable bonds is 1. The Bertz CT molecular complexity index is 403. The molecule has 0 aliphatic rings. The second-order valence-corrected chi connectivity index (χ2v) is 3.56. The van der Waals surface area contributed by atoms with Gasteiger partial charge in [0.05, 0.1) is 0 Å². The van der Waals surface area contributed by atoms with Crippen LogP contribution in [0.2, 0.25) is 0 Å². The fourth-order valence-corrected chi connectivity index (χ4v) is 1.96. The summed E-state index contributed by atoms with van der Waals surface area (Å²) < 4.78 is 0. The molecular formula is C10H10BrN. The summed E-state index contributed by atoms with van der Waals surface area (Å²) in [5.74, 6) is 0. The van der Waals surface area contributed by atoms with E-state index in [2.05, 4.69) is 46.0 Å². The van der Waals surface area contributed by atoms with Crippen molar-refractivity contribution in [3.63, 3.8) is 0 Å². The molecule has 2 aromatic rings. The predicted octanol–water partition coefficient (Wildman–Crippen LogP) is 3.37. The Hall–Kier alpha value is -0.760. The Kier molecular flexibility index (Phi) is 1.93. The minimum Gasteiger partial charge on any atom is -0.361 e. The number of fused-ring (bicyclic) bond motifs is 1. The van der Waals surface area contributed by atoms with Gasteiger partial charge >= 0.3 is 0 Å². The van der Waals surface area contributed by atoms with Crippen molar-refractivity contribution in [2.45, 2.75) is 12.3 Å². The number of aromatic amines is 1. The molecule has 0 radical (unpaired) electrons. The minimum atomic E-state index is 0.908. The molecule has 1 nitrogen and oxygen atoms in total. The van der Waals surface area contributed by atoms with Gasteiger partial charge in [-0.25, -0.2) is 0 Å². The summed E-state index contributed by atoms with van der Waals surface area (Å²) >= 11 is 3.48. The summed E-state index contributed by atoms with van der Waals surface area (Å²) in [6.07, 6.45) is 1.98. The normalized spacial score (nSPS) is 10.8. The Labute approximate surface area is 79.9 Å². The number of aromatic nitrogens is 1. The van der Waals surface area contributed by atoms with Crippen LogP contribution in [0.4, 0.5) is 0 Å². The van der Waals surface area contributed by atoms with Crippen LogP contribution in [0.1, 0.15) is 11.1 Å². The average molecular weight is 224 g/mol. The van der Waals surface area contributed by atoms with Crippen LogP contribution in [0.3, 0.4) is 0 Å². The van der Waals surface area contributed by atoms with Crippen LogP contribution in [0.15, 0.2) is 24.4 Å². The first kappa shape index (κ1) is 7.87. The lowest BCUT2D eigenvalue weighted by Gasteiger charge is -2.00. The third kappa shape index (κ3) is 1.16. The van der Waals surface area contributed by atoms with Gasteiger partial charge in [0.2, 0.25) is 0 Å². The highest BCUT2D eigenvalue weighted by molar-refractivity contribution is 9.08. The van der Waals surface area contributed by atoms with Gasteiger partial charge in [0.1, 0.15) is 0 Å². The molecule has 1 aromatic carbocycles. The highest BCUT2D eigenvalue weighted by Crippen LogP contribution is 2.21. The van der Waals surface area contributed by atoms with Crippen LogP contribution >= 0.6 is 15.9 Å². The van der Waals surface area contributed by atoms with Gasteiger partial charge < -0.3 is 4.98 Å². The summed E-state index contributed by atoms with van der Waals surface area (Å²) in [5.41, 5.74) is 3.89. The molecule has 0 saturated heterocycles. The fourth-order valence-electron chi connectivity index (χ4n) is 1.52. The zero-order valence-corrected chi connectivity index (χ0v) is 8.48. The zero-order valence-electron chi connectivity index (χ0n) is 6.89. The number of hydrogen-bond donors (Lipinski definition) is 1. The number of hydrogen-bond acceptors (Lipinski definition) is 0. The van der Waals surface area contributed by atoms with Crippen LogP contribution in [0, 0.1) is 6.92 Å². The van der Waals surface area contributed by atoms with Crippen molar-refractivity contribution in [2.75, 3.05) is 0 Å². The molecule has 0 aliphatic carbocycles. The molecule has 1 N–H and O–H groups in total. The first-order valence-electron chi connectivity index (χ1n) is 3.94. The van der Waals surface area contributed by atoms with Crippen LogP contribution in [-0.4, -0.2) is 4.98 Å². The molecule has 0 amide bonds. The number of H-pyrrole nitrogens is 1. The van der Waals surface area contributed by atoms with Crippen molar-refractivity contribution in [3.8, 4) is 0 Å². The van der Waals surface area contributed by atoms with Crippen LogP contribution in [0.25, 0.3) is 10.9 Å². The molecule has 2 heteroatoms. The lowest BCUT2D eigenvalue weighted by molar-refractivity contribution is 1.37. The average Bonchev–Trinajstić information content (AvgIpc) is 2.50. The summed E-state index contributed by atoms with van der Waals surface area (Å²) in [5, 5.41) is 2.20. The van der Waals surface area contributed by atoms with Gasteiger partial charge in [0, 0.05) is 17.0 Å². The lowest BCUT2D eigenvalue weighted by Crippen LogP contribution is -1.82. The van der Waals surface area contributed by atoms with E-state index in [9.17, 15) is 0 Å². The second-order valence-electron chi connectivity index (χ2n) is 3.00. The molecule has 0 fully saturated rings. The monoisotopic (exact) mass is 223 g/mol. The Morgan fingerprint density at radius 1 is 1.42 bits per heavy atom. The van der Waals surface area contributed by atoms with E-state index >= 15 is 0 Å². The van der Waals surface area contributed by atoms with E-state index in [0.717, 1.165) is 5.33 Å². The third-order valence-corrected chi connectivity index (χ3v) is 2.63. The van der Waals surface area contributed by atoms with Crippen molar-refractivity contribution < 1.29 is 0 Å². The number of benzene rings is 1. The topological polar surface area (TPSA) is 15.8 Å². The maximum Gasteiger partial charge on any atom is 0.0495 e. The van der Waals surface area contributed by atoms with E-state index in [1.165, 1.54) is 22.0 Å². The molecule has 0 aliphatic heterocycles. The standard InChI is InChI=1S/C10H10BrN/c1-7-4-8-2-3-12-10(8)9(5-7)6-11/h2-5,12H,6H2,1H3. The summed E-state index contributed by atoms with van der Waals surface area (Å²) in [6, 6.07) is 6.50. The first-order valence-corrected chi connectivity index (χ1v) is 5.06. The van der Waals surface area contributed by atoms with Gasteiger partial charge in [0.15, 0.2) is 0 Å². The Balaban J connectivity index is 2.80. The fraction of sp³-hybridized carbons (Fsp3) is 0.200. The van der Waals surface area contributed by atoms with Crippen molar-refractivity contribution in [1.29, 1.82) is 0 Å². The van der Waals surface area contributed by atoms with Crippen molar-refractivity contribution >= 4 is 26.8 Å². The predicted molar refractivity (Wildman–Crippen MR) is 55.7 cm³/mol. The maximum absolute atomic E-state index is 3.48. The van der Waals surface area contributed by atoms with Crippen LogP contribution < -0.4 is 0 Å². The Morgan fingerprint density at radius 3 is 3.00 bits per heavy atom. The number of nitrogens with one attached hydrogen (secondary N) is 1. The molecule has 1 heterocycles. The highest BCUT2D eigenvalue weighted by atomic mass is 79.9. The van der Waals surface area contributed by atoms with E-state index in [0.29, 0.717) is 0 Å². The van der Waals surface area contributed by atoms with Gasteiger partial charge in [-0.3, -0.25) is 0 Å². The zero-order chi connectivity index (χ0) is 8.55. The van der Waals surface area contributed by atoms with Gasteiger partial charge in [-0.1, -0.05) is 27.6 Å². The minimum absolute atomic E-state index is 0.908. The SMILES string of the molecule is Cc1cc(CBr)c2[nH]ccc2c1. The quantitative estimate of drug-likeness (QED) is 0.714. The molecule has 0 saturated carbocycles. The van der Waals surface area contributed by atoms with E-state index in [1.807, 2.05) is 6.20 Å². The van der Waals surface area contributed by atoms with Crippen molar-refractivity contribution in [3.05, 3.63) is 35.5 Å². The summed E-state index contributed by atoms with van der Waals surface area (Å²) in [6.45, 7) is 2.12. The molecule has 2 rings (SSSR count). The highest BCUT2D eigenvalue weighted by Gasteiger charge is 2.00. The number of aryl methyl sites for hydroxylation is 1. The van der Waals surface area contributed by atoms with E-state index in [4.69, 9.17) is 0 Å². The largest absolute Gasteiger partial charge is 0.361 e. The molecule has 12 heavy (non-hydrogen) atoms. The summed E-state index contributed by atoms with van der Waals surface area (Å²) in [7, 11) is 0. The number of halogens is 1. The van der Waals surface area contributed by atoms with E-state index in [1.54, 1.807) is 0 Å². The maximum atomic E-state index is 3.48. The molecule has 62 valence electrons. The van der Waals surface area contributed by atoms with Crippen LogP contribution in [0.5, 0.6) is 0 Å². The van der Waals surface area contributed by atoms with Crippen molar-refractivity contribution in [2.24, 2.45) is 0 Å². The van der Waals surface area contributed by atoms with E-state index in [-0.39, 0.29) is 0 Å². The van der Waals surface area contributed by atoms with Crippen LogP contribution in [-0.2, 0) is 5.33 Å². The van der Waals surface area contributed by atoms with Crippen molar-refractivity contribution in [1.82, 2.24) is 4.98 Å². The molecule has 0 spiro atoms. The molecule has 0 bridgehead atoms. The molecule has 1 aromatic heterocycles. The summed E-state index contributed by atoms with van der Waals surface area (Å²) in [4.78, 5) is 3.24. The third-order valence-electron chi connectivity index (χ3n) is 2.03. The first-order chi connectivity index (χ1) is 5.81. The van der Waals surface area contributed by atoms with E-state index < -0.39 is 0 Å². The molecule has 0 unspecified atom stereocenters.